The van der Waals surface area contributed by atoms with Crippen molar-refractivity contribution in [1.29, 1.82) is 0 Å². The zero-order chi connectivity index (χ0) is 24.2. The summed E-state index contributed by atoms with van der Waals surface area (Å²) in [5.41, 5.74) is 3.33. The van der Waals surface area contributed by atoms with E-state index >= 15 is 0 Å². The molecule has 6 nitrogen and oxygen atoms in total. The van der Waals surface area contributed by atoms with Crippen LogP contribution in [-0.2, 0) is 19.5 Å². The molecule has 3 aromatic rings. The van der Waals surface area contributed by atoms with E-state index in [4.69, 9.17) is 4.98 Å². The summed E-state index contributed by atoms with van der Waals surface area (Å²) in [5, 5.41) is 7.56. The van der Waals surface area contributed by atoms with Gasteiger partial charge in [-0.15, -0.1) is 0 Å². The Bertz CT molecular complexity index is 1120. The van der Waals surface area contributed by atoms with E-state index in [1.165, 1.54) is 12.1 Å². The van der Waals surface area contributed by atoms with E-state index in [1.54, 1.807) is 23.1 Å². The van der Waals surface area contributed by atoms with Crippen molar-refractivity contribution in [2.24, 2.45) is 7.05 Å². The van der Waals surface area contributed by atoms with Crippen molar-refractivity contribution in [3.8, 4) is 11.4 Å². The summed E-state index contributed by atoms with van der Waals surface area (Å²) < 4.78 is 31.1. The van der Waals surface area contributed by atoms with Crippen LogP contribution >= 0.6 is 0 Å². The maximum atomic E-state index is 13.7. The number of imidazole rings is 1. The zero-order valence-electron chi connectivity index (χ0n) is 19.8. The maximum absolute atomic E-state index is 13.7. The Hall–Kier alpha value is -3.42. The van der Waals surface area contributed by atoms with Gasteiger partial charge >= 0.3 is 0 Å². The largest absolute Gasteiger partial charge is 0.371 e. The molecule has 0 aliphatic heterocycles. The summed E-state index contributed by atoms with van der Waals surface area (Å²) in [6, 6.07) is 6.42. The van der Waals surface area contributed by atoms with Crippen molar-refractivity contribution in [2.75, 3.05) is 18.4 Å². The SMILES string of the molecule is C=CNc1nc(-c2cnn(Cc3cccc(C(C)(F)F)c3)c2)n(C)c1C(=C)N(CC)CCC. The van der Waals surface area contributed by atoms with E-state index in [2.05, 4.69) is 42.3 Å². The number of rotatable bonds is 11. The lowest BCUT2D eigenvalue weighted by Gasteiger charge is -2.25. The topological polar surface area (TPSA) is 50.9 Å². The molecule has 1 N–H and O–H groups in total. The molecule has 0 saturated carbocycles. The van der Waals surface area contributed by atoms with E-state index in [1.807, 2.05) is 23.9 Å². The lowest BCUT2D eigenvalue weighted by atomic mass is 10.1. The zero-order valence-corrected chi connectivity index (χ0v) is 19.8. The molecule has 0 unspecified atom stereocenters. The van der Waals surface area contributed by atoms with E-state index < -0.39 is 5.92 Å². The number of anilines is 1. The predicted molar refractivity (Wildman–Crippen MR) is 130 cm³/mol. The quantitative estimate of drug-likeness (QED) is 0.404. The molecule has 33 heavy (non-hydrogen) atoms. The number of hydrogen-bond acceptors (Lipinski definition) is 4. The van der Waals surface area contributed by atoms with Crippen LogP contribution in [0.2, 0.25) is 0 Å². The fourth-order valence-electron chi connectivity index (χ4n) is 3.88. The van der Waals surface area contributed by atoms with Crippen LogP contribution in [0.15, 0.2) is 56.0 Å². The van der Waals surface area contributed by atoms with Crippen LogP contribution in [0.25, 0.3) is 17.1 Å². The van der Waals surface area contributed by atoms with Crippen molar-refractivity contribution in [3.05, 3.63) is 72.8 Å². The third kappa shape index (κ3) is 5.32. The lowest BCUT2D eigenvalue weighted by molar-refractivity contribution is 0.0174. The molecular formula is C25H32F2N6. The van der Waals surface area contributed by atoms with Gasteiger partial charge in [-0.05, 0) is 31.2 Å². The smallest absolute Gasteiger partial charge is 0.270 e. The molecule has 2 heterocycles. The van der Waals surface area contributed by atoms with E-state index in [9.17, 15) is 8.78 Å². The van der Waals surface area contributed by atoms with Gasteiger partial charge in [-0.25, -0.2) is 13.8 Å². The number of halogens is 2. The number of aromatic nitrogens is 4. The molecule has 176 valence electrons. The van der Waals surface area contributed by atoms with Gasteiger partial charge < -0.3 is 14.8 Å². The standard InChI is InChI=1S/C25H32F2N6/c1-7-13-32(9-3)18(4)22-23(28-8-2)30-24(31(22)6)20-15-29-33(17-20)16-19-11-10-12-21(14-19)25(5,26)27/h8,10-12,14-15,17,28H,2,4,7,9,13,16H2,1,3,5-6H3. The first kappa shape index (κ1) is 24.2. The minimum atomic E-state index is -2.88. The number of hydrogen-bond donors (Lipinski definition) is 1. The van der Waals surface area contributed by atoms with Crippen molar-refractivity contribution in [1.82, 2.24) is 24.2 Å². The van der Waals surface area contributed by atoms with Crippen molar-refractivity contribution < 1.29 is 8.78 Å². The second-order valence-electron chi connectivity index (χ2n) is 8.08. The van der Waals surface area contributed by atoms with Gasteiger partial charge in [0.15, 0.2) is 5.82 Å². The van der Waals surface area contributed by atoms with Crippen LogP contribution in [0.5, 0.6) is 0 Å². The van der Waals surface area contributed by atoms with Gasteiger partial charge in [0.2, 0.25) is 0 Å². The summed E-state index contributed by atoms with van der Waals surface area (Å²) in [7, 11) is 1.95. The highest BCUT2D eigenvalue weighted by atomic mass is 19.3. The summed E-state index contributed by atoms with van der Waals surface area (Å²) in [4.78, 5) is 6.99. The molecule has 0 fully saturated rings. The van der Waals surface area contributed by atoms with Crippen molar-refractivity contribution in [3.63, 3.8) is 0 Å². The van der Waals surface area contributed by atoms with Gasteiger partial charge in [0.1, 0.15) is 11.5 Å². The molecule has 2 aromatic heterocycles. The molecular weight excluding hydrogens is 422 g/mol. The molecule has 0 aliphatic carbocycles. The molecule has 0 atom stereocenters. The monoisotopic (exact) mass is 454 g/mol. The molecule has 3 rings (SSSR count). The molecule has 0 radical (unpaired) electrons. The fourth-order valence-corrected chi connectivity index (χ4v) is 3.88. The minimum absolute atomic E-state index is 0.00710. The van der Waals surface area contributed by atoms with Crippen molar-refractivity contribution in [2.45, 2.75) is 39.7 Å². The third-order valence-electron chi connectivity index (χ3n) is 5.53. The summed E-state index contributed by atoms with van der Waals surface area (Å²) in [6.45, 7) is 15.4. The fraction of sp³-hybridized carbons (Fsp3) is 0.360. The first-order valence-electron chi connectivity index (χ1n) is 11.1. The van der Waals surface area contributed by atoms with Gasteiger partial charge in [0.25, 0.3) is 5.92 Å². The van der Waals surface area contributed by atoms with Crippen LogP contribution < -0.4 is 5.32 Å². The lowest BCUT2D eigenvalue weighted by Crippen LogP contribution is -2.23. The Balaban J connectivity index is 1.92. The minimum Gasteiger partial charge on any atom is -0.371 e. The number of benzene rings is 1. The summed E-state index contributed by atoms with van der Waals surface area (Å²) in [6.07, 6.45) is 6.21. The highest BCUT2D eigenvalue weighted by Gasteiger charge is 2.24. The first-order valence-corrected chi connectivity index (χ1v) is 11.1. The van der Waals surface area contributed by atoms with Gasteiger partial charge in [-0.2, -0.15) is 5.10 Å². The Morgan fingerprint density at radius 2 is 2.06 bits per heavy atom. The van der Waals surface area contributed by atoms with Gasteiger partial charge in [0, 0.05) is 38.8 Å². The molecule has 0 spiro atoms. The number of nitrogens with zero attached hydrogens (tertiary/aromatic N) is 5. The van der Waals surface area contributed by atoms with Gasteiger partial charge in [0.05, 0.1) is 24.0 Å². The molecule has 0 amide bonds. The molecule has 1 aromatic carbocycles. The van der Waals surface area contributed by atoms with Crippen LogP contribution in [0, 0.1) is 0 Å². The Morgan fingerprint density at radius 3 is 2.70 bits per heavy atom. The Labute approximate surface area is 194 Å². The molecule has 0 saturated heterocycles. The molecule has 8 heteroatoms. The normalized spacial score (nSPS) is 11.5. The summed E-state index contributed by atoms with van der Waals surface area (Å²) in [5.74, 6) is -1.48. The Morgan fingerprint density at radius 1 is 1.30 bits per heavy atom. The van der Waals surface area contributed by atoms with E-state index in [0.29, 0.717) is 12.4 Å². The molecule has 0 bridgehead atoms. The maximum Gasteiger partial charge on any atom is 0.270 e. The average Bonchev–Trinajstić information content (AvgIpc) is 3.35. The molecule has 0 aliphatic rings. The van der Waals surface area contributed by atoms with E-state index in [-0.39, 0.29) is 5.56 Å². The highest BCUT2D eigenvalue weighted by molar-refractivity contribution is 5.74. The van der Waals surface area contributed by atoms with Crippen LogP contribution in [0.4, 0.5) is 14.6 Å². The average molecular weight is 455 g/mol. The van der Waals surface area contributed by atoms with Crippen LogP contribution in [0.3, 0.4) is 0 Å². The predicted octanol–water partition coefficient (Wildman–Crippen LogP) is 5.70. The third-order valence-corrected chi connectivity index (χ3v) is 5.53. The van der Waals surface area contributed by atoms with Gasteiger partial charge in [-0.1, -0.05) is 38.3 Å². The van der Waals surface area contributed by atoms with E-state index in [0.717, 1.165) is 54.8 Å². The highest BCUT2D eigenvalue weighted by Crippen LogP contribution is 2.31. The van der Waals surface area contributed by atoms with Crippen LogP contribution in [-0.4, -0.2) is 37.3 Å². The second-order valence-corrected chi connectivity index (χ2v) is 8.08. The first-order chi connectivity index (χ1) is 15.7. The van der Waals surface area contributed by atoms with Crippen molar-refractivity contribution >= 4 is 11.5 Å². The Kier molecular flexibility index (Phi) is 7.36. The number of nitrogens with one attached hydrogen (secondary N) is 1. The number of alkyl halides is 2. The van der Waals surface area contributed by atoms with Crippen LogP contribution in [0.1, 0.15) is 44.0 Å². The van der Waals surface area contributed by atoms with Gasteiger partial charge in [-0.3, -0.25) is 4.68 Å². The second kappa shape index (κ2) is 10.0. The summed E-state index contributed by atoms with van der Waals surface area (Å²) >= 11 is 0.